The predicted octanol–water partition coefficient (Wildman–Crippen LogP) is 9.67. The third-order valence-corrected chi connectivity index (χ3v) is 7.90. The number of ether oxygens (including phenoxy) is 1. The normalized spacial score (nSPS) is 11.4. The Bertz CT molecular complexity index is 2050. The third-order valence-electron chi connectivity index (χ3n) is 7.90. The molecule has 0 radical (unpaired) electrons. The van der Waals surface area contributed by atoms with Crippen molar-refractivity contribution < 1.29 is 25.8 Å². The van der Waals surface area contributed by atoms with Gasteiger partial charge in [-0.2, -0.15) is 17.2 Å². The molecule has 0 aliphatic rings. The zero-order valence-electron chi connectivity index (χ0n) is 25.1. The summed E-state index contributed by atoms with van der Waals surface area (Å²) in [4.78, 5) is 4.62. The number of fused-ring (bicyclic) bond motifs is 3. The van der Waals surface area contributed by atoms with Gasteiger partial charge >= 0.3 is 21.1 Å². The van der Waals surface area contributed by atoms with Crippen molar-refractivity contribution in [2.75, 3.05) is 0 Å². The Labute approximate surface area is 272 Å². The number of nitrogens with zero attached hydrogens (tertiary/aromatic N) is 4. The van der Waals surface area contributed by atoms with Crippen molar-refractivity contribution >= 4 is 21.8 Å². The van der Waals surface area contributed by atoms with E-state index in [1.807, 2.05) is 65.6 Å². The molecule has 0 atom stereocenters. The van der Waals surface area contributed by atoms with E-state index in [2.05, 4.69) is 98.0 Å². The van der Waals surface area contributed by atoms with Crippen molar-refractivity contribution in [1.82, 2.24) is 19.3 Å². The summed E-state index contributed by atoms with van der Waals surface area (Å²) in [5, 5.41) is 6.98. The number of benzene rings is 4. The fourth-order valence-electron chi connectivity index (χ4n) is 5.87. The zero-order chi connectivity index (χ0) is 29.5. The number of pyridine rings is 1. The smallest absolute Gasteiger partial charge is 0.509 e. The van der Waals surface area contributed by atoms with E-state index in [0.29, 0.717) is 23.3 Å². The molecule has 0 fully saturated rings. The van der Waals surface area contributed by atoms with Crippen molar-refractivity contribution in [1.29, 1.82) is 0 Å². The van der Waals surface area contributed by atoms with Crippen molar-refractivity contribution in [3.05, 3.63) is 133 Å². The quantitative estimate of drug-likeness (QED) is 0.152. The molecule has 0 bridgehead atoms. The summed E-state index contributed by atoms with van der Waals surface area (Å²) < 4.78 is 10.3. The van der Waals surface area contributed by atoms with E-state index < -0.39 is 0 Å². The zero-order valence-corrected chi connectivity index (χ0v) is 27.3. The Morgan fingerprint density at radius 2 is 1.43 bits per heavy atom. The van der Waals surface area contributed by atoms with E-state index >= 15 is 0 Å². The molecule has 220 valence electrons. The number of hydrogen-bond acceptors (Lipinski definition) is 3. The summed E-state index contributed by atoms with van der Waals surface area (Å²) in [6, 6.07) is 37.7. The van der Waals surface area contributed by atoms with Crippen molar-refractivity contribution in [2.45, 2.75) is 39.5 Å². The van der Waals surface area contributed by atoms with Crippen LogP contribution < -0.4 is 4.74 Å². The van der Waals surface area contributed by atoms with E-state index in [1.54, 1.807) is 0 Å². The van der Waals surface area contributed by atoms with E-state index in [9.17, 15) is 0 Å². The fourth-order valence-corrected chi connectivity index (χ4v) is 5.87. The van der Waals surface area contributed by atoms with Gasteiger partial charge in [0.25, 0.3) is 0 Å². The van der Waals surface area contributed by atoms with Gasteiger partial charge in [0.15, 0.2) is 0 Å². The van der Waals surface area contributed by atoms with Gasteiger partial charge < -0.3 is 9.30 Å². The Kier molecular flexibility index (Phi) is 8.25. The Hall–Kier alpha value is -4.47. The molecule has 7 aromatic rings. The molecule has 0 saturated heterocycles. The number of aromatic nitrogens is 4. The van der Waals surface area contributed by atoms with Crippen LogP contribution >= 0.6 is 0 Å². The van der Waals surface area contributed by atoms with Gasteiger partial charge in [-0.1, -0.05) is 75.7 Å². The first kappa shape index (κ1) is 29.6. The van der Waals surface area contributed by atoms with Crippen molar-refractivity contribution in [3.63, 3.8) is 0 Å². The Morgan fingerprint density at radius 3 is 2.18 bits per heavy atom. The molecule has 0 aliphatic heterocycles. The second kappa shape index (κ2) is 12.3. The van der Waals surface area contributed by atoms with Crippen LogP contribution in [0.2, 0.25) is 0 Å². The summed E-state index contributed by atoms with van der Waals surface area (Å²) in [6.07, 6.45) is 5.85. The Morgan fingerprint density at radius 1 is 0.705 bits per heavy atom. The molecular weight excluding hydrogens is 724 g/mol. The largest absolute Gasteiger partial charge is 2.00 e. The first-order valence-corrected chi connectivity index (χ1v) is 14.7. The minimum atomic E-state index is 0. The fraction of sp³-hybridized carbons (Fsp3) is 0.158. The maximum absolute atomic E-state index is 6.34. The van der Waals surface area contributed by atoms with Crippen LogP contribution in [0, 0.1) is 12.1 Å². The summed E-state index contributed by atoms with van der Waals surface area (Å²) in [7, 11) is 0. The van der Waals surface area contributed by atoms with Gasteiger partial charge in [0, 0.05) is 35.0 Å². The van der Waals surface area contributed by atoms with Crippen LogP contribution in [-0.2, 0) is 21.1 Å². The molecule has 0 saturated carbocycles. The van der Waals surface area contributed by atoms with Gasteiger partial charge in [0.1, 0.15) is 5.82 Å². The van der Waals surface area contributed by atoms with E-state index in [4.69, 9.17) is 9.84 Å². The van der Waals surface area contributed by atoms with Crippen LogP contribution in [0.1, 0.15) is 50.7 Å². The molecule has 0 unspecified atom stereocenters. The predicted molar refractivity (Wildman–Crippen MR) is 173 cm³/mol. The van der Waals surface area contributed by atoms with Gasteiger partial charge in [-0.25, -0.2) is 4.98 Å². The molecule has 4 aromatic carbocycles. The monoisotopic (exact) mass is 755 g/mol. The van der Waals surface area contributed by atoms with E-state index in [0.717, 1.165) is 38.9 Å². The Balaban J connectivity index is 0.00000343. The van der Waals surface area contributed by atoms with Gasteiger partial charge in [-0.05, 0) is 57.8 Å². The number of rotatable bonds is 7. The summed E-state index contributed by atoms with van der Waals surface area (Å²) in [6.45, 7) is 8.97. The second-order valence-electron chi connectivity index (χ2n) is 11.4. The molecule has 0 spiro atoms. The number of para-hydroxylation sites is 1. The minimum Gasteiger partial charge on any atom is -0.509 e. The SMILES string of the molecule is CC(C)c1cccc(C(C)C)c1-c1cnn(-c2[c-]c(Oc3[c-]c4c(cc3)c3ccccc3n4-c3ccccn3)ccc2)c1.[Pt+2]. The first-order valence-electron chi connectivity index (χ1n) is 14.7. The van der Waals surface area contributed by atoms with Crippen molar-refractivity contribution in [3.8, 4) is 34.1 Å². The molecule has 7 rings (SSSR count). The molecule has 0 amide bonds. The first-order chi connectivity index (χ1) is 21.0. The maximum Gasteiger partial charge on any atom is 2.00 e. The van der Waals surface area contributed by atoms with Gasteiger partial charge in [-0.3, -0.25) is 4.68 Å². The second-order valence-corrected chi connectivity index (χ2v) is 11.4. The van der Waals surface area contributed by atoms with Gasteiger partial charge in [0.05, 0.1) is 6.20 Å². The summed E-state index contributed by atoms with van der Waals surface area (Å²) >= 11 is 0. The molecule has 3 aromatic heterocycles. The molecule has 44 heavy (non-hydrogen) atoms. The third kappa shape index (κ3) is 5.37. The number of hydrogen-bond donors (Lipinski definition) is 0. The van der Waals surface area contributed by atoms with Crippen LogP contribution in [0.15, 0.2) is 110 Å². The standard InChI is InChI=1S/C38H32N4O.Pt/c1-25(2)31-14-10-15-32(26(3)4)38(31)27-23-40-41(24-27)28-11-9-12-29(21-28)43-30-18-19-34-33-13-5-6-16-35(33)42(36(34)22-30)37-17-7-8-20-39-37;/h5-20,23-26H,1-4H3;/q-2;+2. The molecule has 6 heteroatoms. The van der Waals surface area contributed by atoms with E-state index in [-0.39, 0.29) is 21.1 Å². The van der Waals surface area contributed by atoms with Crippen molar-refractivity contribution in [2.24, 2.45) is 0 Å². The van der Waals surface area contributed by atoms with Crippen LogP contribution in [0.4, 0.5) is 0 Å². The van der Waals surface area contributed by atoms with E-state index in [1.165, 1.54) is 16.7 Å². The summed E-state index contributed by atoms with van der Waals surface area (Å²) in [5.41, 5.74) is 7.84. The average Bonchev–Trinajstić information content (AvgIpc) is 3.64. The van der Waals surface area contributed by atoms with Crippen LogP contribution in [0.25, 0.3) is 44.4 Å². The molecule has 5 nitrogen and oxygen atoms in total. The van der Waals surface area contributed by atoms with Crippen LogP contribution in [0.5, 0.6) is 11.5 Å². The molecule has 3 heterocycles. The van der Waals surface area contributed by atoms with Crippen LogP contribution in [0.3, 0.4) is 0 Å². The topological polar surface area (TPSA) is 44.9 Å². The minimum absolute atomic E-state index is 0. The molecular formula is C38H32N4OPt. The summed E-state index contributed by atoms with van der Waals surface area (Å²) in [5.74, 6) is 2.85. The average molecular weight is 756 g/mol. The van der Waals surface area contributed by atoms with Gasteiger partial charge in [-0.15, -0.1) is 35.7 Å². The maximum atomic E-state index is 6.34. The van der Waals surface area contributed by atoms with Gasteiger partial charge in [0.2, 0.25) is 0 Å². The van der Waals surface area contributed by atoms with Crippen LogP contribution in [-0.4, -0.2) is 19.3 Å². The molecule has 0 aliphatic carbocycles. The molecule has 0 N–H and O–H groups in total.